The molecule has 0 aromatic heterocycles. The molecule has 0 heterocycles. The fourth-order valence-corrected chi connectivity index (χ4v) is 5.68. The maximum absolute atomic E-state index is 9.50. The molecule has 0 amide bonds. The van der Waals surface area contributed by atoms with E-state index in [1.54, 1.807) is 0 Å². The van der Waals surface area contributed by atoms with E-state index in [-0.39, 0.29) is 5.41 Å². The second-order valence-electron chi connectivity index (χ2n) is 9.83. The summed E-state index contributed by atoms with van der Waals surface area (Å²) in [5.74, 6) is 2.66. The van der Waals surface area contributed by atoms with Gasteiger partial charge in [-0.1, -0.05) is 83.1 Å². The fourth-order valence-electron chi connectivity index (χ4n) is 5.68. The van der Waals surface area contributed by atoms with E-state index in [1.165, 1.54) is 81.8 Å². The van der Waals surface area contributed by atoms with Gasteiger partial charge < -0.3 is 0 Å². The van der Waals surface area contributed by atoms with Crippen LogP contribution in [0.5, 0.6) is 0 Å². The third-order valence-corrected chi connectivity index (χ3v) is 8.08. The maximum atomic E-state index is 9.50. The third-order valence-electron chi connectivity index (χ3n) is 8.08. The minimum Gasteiger partial charge on any atom is -0.198 e. The third kappa shape index (κ3) is 5.62. The van der Waals surface area contributed by atoms with E-state index in [0.717, 1.165) is 31.1 Å². The predicted octanol–water partition coefficient (Wildman–Crippen LogP) is 8.19. The topological polar surface area (TPSA) is 23.8 Å². The first kappa shape index (κ1) is 21.4. The Bertz CT molecular complexity index is 607. The zero-order valence-electron chi connectivity index (χ0n) is 18.4. The average molecular weight is 380 g/mol. The molecule has 0 aliphatic heterocycles. The molecule has 0 N–H and O–H groups in total. The molecule has 2 fully saturated rings. The average Bonchev–Trinajstić information content (AvgIpc) is 2.77. The van der Waals surface area contributed by atoms with Gasteiger partial charge in [0.25, 0.3) is 0 Å². The molecule has 3 rings (SSSR count). The van der Waals surface area contributed by atoms with Crippen molar-refractivity contribution in [2.45, 2.75) is 110 Å². The van der Waals surface area contributed by atoms with Crippen LogP contribution in [0.3, 0.4) is 0 Å². The van der Waals surface area contributed by atoms with Crippen LogP contribution in [-0.2, 0) is 6.42 Å². The van der Waals surface area contributed by atoms with Crippen LogP contribution in [0, 0.1) is 28.6 Å². The monoisotopic (exact) mass is 379 g/mol. The van der Waals surface area contributed by atoms with Gasteiger partial charge in [-0.15, -0.1) is 0 Å². The Hall–Kier alpha value is -1.29. The summed E-state index contributed by atoms with van der Waals surface area (Å²) >= 11 is 0. The molecular weight excluding hydrogens is 338 g/mol. The molecule has 2 aliphatic rings. The SMILES string of the molecule is CCCC[C@H]1CC[C@H](CCc2ccc(C3CCC(C#N)(CC)CC3)cc2)CC1. The van der Waals surface area contributed by atoms with Crippen molar-refractivity contribution in [3.05, 3.63) is 35.4 Å². The molecule has 1 heteroatoms. The minimum absolute atomic E-state index is 0.0357. The second-order valence-corrected chi connectivity index (χ2v) is 9.83. The first-order chi connectivity index (χ1) is 13.7. The quantitative estimate of drug-likeness (QED) is 0.446. The summed E-state index contributed by atoms with van der Waals surface area (Å²) in [6, 6.07) is 12.1. The van der Waals surface area contributed by atoms with Crippen molar-refractivity contribution in [1.82, 2.24) is 0 Å². The van der Waals surface area contributed by atoms with Crippen molar-refractivity contribution in [3.63, 3.8) is 0 Å². The fraction of sp³-hybridized carbons (Fsp3) is 0.741. The Morgan fingerprint density at radius 1 is 0.893 bits per heavy atom. The van der Waals surface area contributed by atoms with Crippen LogP contribution in [-0.4, -0.2) is 0 Å². The van der Waals surface area contributed by atoms with Gasteiger partial charge in [0.2, 0.25) is 0 Å². The number of nitriles is 1. The van der Waals surface area contributed by atoms with E-state index in [0.29, 0.717) is 5.92 Å². The normalized spacial score (nSPS) is 30.7. The smallest absolute Gasteiger partial charge is 0.0689 e. The maximum Gasteiger partial charge on any atom is 0.0689 e. The van der Waals surface area contributed by atoms with Crippen molar-refractivity contribution in [2.75, 3.05) is 0 Å². The van der Waals surface area contributed by atoms with Gasteiger partial charge in [0.1, 0.15) is 0 Å². The molecule has 1 aromatic carbocycles. The summed E-state index contributed by atoms with van der Waals surface area (Å²) in [4.78, 5) is 0. The summed E-state index contributed by atoms with van der Waals surface area (Å²) in [5.41, 5.74) is 2.99. The summed E-state index contributed by atoms with van der Waals surface area (Å²) in [6.07, 6.45) is 18.3. The van der Waals surface area contributed by atoms with Gasteiger partial charge in [0, 0.05) is 0 Å². The van der Waals surface area contributed by atoms with Gasteiger partial charge in [-0.25, -0.2) is 0 Å². The van der Waals surface area contributed by atoms with Crippen LogP contribution in [0.15, 0.2) is 24.3 Å². The Morgan fingerprint density at radius 3 is 2.04 bits per heavy atom. The van der Waals surface area contributed by atoms with E-state index in [1.807, 2.05) is 0 Å². The highest BCUT2D eigenvalue weighted by Crippen LogP contribution is 2.44. The summed E-state index contributed by atoms with van der Waals surface area (Å²) in [7, 11) is 0. The molecule has 0 bridgehead atoms. The van der Waals surface area contributed by atoms with Crippen LogP contribution >= 0.6 is 0 Å². The number of hydrogen-bond donors (Lipinski definition) is 0. The number of aryl methyl sites for hydroxylation is 1. The van der Waals surface area contributed by atoms with E-state index in [4.69, 9.17) is 0 Å². The van der Waals surface area contributed by atoms with Crippen LogP contribution in [0.25, 0.3) is 0 Å². The van der Waals surface area contributed by atoms with E-state index in [9.17, 15) is 5.26 Å². The zero-order chi connectivity index (χ0) is 19.8. The number of benzene rings is 1. The van der Waals surface area contributed by atoms with Gasteiger partial charge >= 0.3 is 0 Å². The zero-order valence-corrected chi connectivity index (χ0v) is 18.4. The molecular formula is C27H41N. The van der Waals surface area contributed by atoms with E-state index < -0.39 is 0 Å². The molecule has 0 saturated heterocycles. The highest BCUT2D eigenvalue weighted by Gasteiger charge is 2.34. The standard InChI is InChI=1S/C27H41N/c1-3-5-6-22-7-9-23(10-8-22)11-12-24-13-15-25(16-14-24)26-17-19-27(4-2,21-28)20-18-26/h13-16,22-23,26H,3-12,17-20H2,1-2H3/t22-,23-,26?,27?. The lowest BCUT2D eigenvalue weighted by atomic mass is 9.68. The molecule has 1 nitrogen and oxygen atoms in total. The van der Waals surface area contributed by atoms with Crippen LogP contribution in [0.2, 0.25) is 0 Å². The molecule has 28 heavy (non-hydrogen) atoms. The molecule has 0 radical (unpaired) electrons. The molecule has 0 atom stereocenters. The molecule has 0 unspecified atom stereocenters. The molecule has 0 spiro atoms. The van der Waals surface area contributed by atoms with Crippen LogP contribution in [0.4, 0.5) is 0 Å². The lowest BCUT2D eigenvalue weighted by Crippen LogP contribution is -2.24. The summed E-state index contributed by atoms with van der Waals surface area (Å²) in [6.45, 7) is 4.49. The Morgan fingerprint density at radius 2 is 1.50 bits per heavy atom. The van der Waals surface area contributed by atoms with Crippen LogP contribution < -0.4 is 0 Å². The van der Waals surface area contributed by atoms with Gasteiger partial charge in [0.05, 0.1) is 11.5 Å². The number of hydrogen-bond acceptors (Lipinski definition) is 1. The minimum atomic E-state index is -0.0357. The highest BCUT2D eigenvalue weighted by molar-refractivity contribution is 5.26. The van der Waals surface area contributed by atoms with Crippen molar-refractivity contribution >= 4 is 0 Å². The summed E-state index contributed by atoms with van der Waals surface area (Å²) in [5, 5.41) is 9.50. The molecule has 154 valence electrons. The largest absolute Gasteiger partial charge is 0.198 e. The molecule has 1 aromatic rings. The van der Waals surface area contributed by atoms with E-state index >= 15 is 0 Å². The van der Waals surface area contributed by atoms with Crippen molar-refractivity contribution in [2.24, 2.45) is 17.3 Å². The Labute approximate surface area is 173 Å². The molecule has 2 saturated carbocycles. The highest BCUT2D eigenvalue weighted by atomic mass is 14.4. The van der Waals surface area contributed by atoms with Gasteiger partial charge in [-0.05, 0) is 73.8 Å². The van der Waals surface area contributed by atoms with Gasteiger partial charge in [-0.2, -0.15) is 5.26 Å². The van der Waals surface area contributed by atoms with Crippen molar-refractivity contribution in [1.29, 1.82) is 5.26 Å². The van der Waals surface area contributed by atoms with Crippen LogP contribution in [0.1, 0.15) is 114 Å². The van der Waals surface area contributed by atoms with Gasteiger partial charge in [-0.3, -0.25) is 0 Å². The van der Waals surface area contributed by atoms with Gasteiger partial charge in [0.15, 0.2) is 0 Å². The van der Waals surface area contributed by atoms with Crippen molar-refractivity contribution < 1.29 is 0 Å². The molecule has 2 aliphatic carbocycles. The number of rotatable bonds is 8. The second kappa shape index (κ2) is 10.5. The Balaban J connectivity index is 1.41. The lowest BCUT2D eigenvalue weighted by Gasteiger charge is -2.34. The first-order valence-corrected chi connectivity index (χ1v) is 12.2. The van der Waals surface area contributed by atoms with Crippen molar-refractivity contribution in [3.8, 4) is 6.07 Å². The lowest BCUT2D eigenvalue weighted by molar-refractivity contribution is 0.238. The summed E-state index contributed by atoms with van der Waals surface area (Å²) < 4.78 is 0. The first-order valence-electron chi connectivity index (χ1n) is 12.2. The Kier molecular flexibility index (Phi) is 8.01. The predicted molar refractivity (Wildman–Crippen MR) is 119 cm³/mol. The number of nitrogens with zero attached hydrogens (tertiary/aromatic N) is 1. The number of unbranched alkanes of at least 4 members (excludes halogenated alkanes) is 1. The van der Waals surface area contributed by atoms with E-state index in [2.05, 4.69) is 44.2 Å².